The molecule has 9 nitrogen and oxygen atoms in total. The summed E-state index contributed by atoms with van der Waals surface area (Å²) < 4.78 is 5.44. The Morgan fingerprint density at radius 3 is 2.64 bits per heavy atom. The number of aliphatic hydroxyl groups excluding tert-OH is 1. The minimum absolute atomic E-state index is 0.0376. The first-order valence-corrected chi connectivity index (χ1v) is 12.6. The van der Waals surface area contributed by atoms with E-state index in [2.05, 4.69) is 21.4 Å². The van der Waals surface area contributed by atoms with Crippen molar-refractivity contribution in [2.75, 3.05) is 39.9 Å². The maximum Gasteiger partial charge on any atom is 0.317 e. The first-order chi connectivity index (χ1) is 17.5. The number of nitrogens with one attached hydrogen (secondary N) is 2. The van der Waals surface area contributed by atoms with E-state index >= 15 is 0 Å². The third-order valence-electron chi connectivity index (χ3n) is 7.64. The number of benzene rings is 1. The highest BCUT2D eigenvalue weighted by atomic mass is 16.5. The van der Waals surface area contributed by atoms with E-state index in [1.54, 1.807) is 36.5 Å². The molecule has 190 valence electrons. The predicted octanol–water partition coefficient (Wildman–Crippen LogP) is 3.21. The van der Waals surface area contributed by atoms with Gasteiger partial charge in [0.2, 0.25) is 0 Å². The highest BCUT2D eigenvalue weighted by molar-refractivity contribution is 5.95. The van der Waals surface area contributed by atoms with E-state index in [1.807, 2.05) is 24.0 Å². The van der Waals surface area contributed by atoms with E-state index in [9.17, 15) is 14.7 Å². The Labute approximate surface area is 210 Å². The minimum Gasteiger partial charge on any atom is -0.497 e. The van der Waals surface area contributed by atoms with Crippen molar-refractivity contribution in [3.05, 3.63) is 59.5 Å². The molecule has 0 radical (unpaired) electrons. The summed E-state index contributed by atoms with van der Waals surface area (Å²) in [5, 5.41) is 14.6. The molecule has 3 amide bonds. The van der Waals surface area contributed by atoms with Gasteiger partial charge in [-0.2, -0.15) is 0 Å². The number of carbonyl (C=O) groups is 2. The number of piperidine rings is 1. The average molecular weight is 492 g/mol. The summed E-state index contributed by atoms with van der Waals surface area (Å²) in [7, 11) is 1.64. The van der Waals surface area contributed by atoms with Gasteiger partial charge in [-0.3, -0.25) is 9.78 Å². The van der Waals surface area contributed by atoms with Crippen LogP contribution in [-0.2, 0) is 5.41 Å². The Morgan fingerprint density at radius 1 is 1.22 bits per heavy atom. The number of rotatable bonds is 5. The van der Waals surface area contributed by atoms with Gasteiger partial charge in [-0.05, 0) is 49.1 Å². The van der Waals surface area contributed by atoms with Crippen molar-refractivity contribution in [2.24, 2.45) is 0 Å². The maximum absolute atomic E-state index is 13.7. The Hall–Kier alpha value is -3.59. The molecule has 1 fully saturated rings. The van der Waals surface area contributed by atoms with Gasteiger partial charge < -0.3 is 29.9 Å². The van der Waals surface area contributed by atoms with Crippen molar-refractivity contribution in [1.82, 2.24) is 25.1 Å². The number of methoxy groups -OCH3 is 1. The minimum atomic E-state index is -0.504. The molecule has 1 spiro atoms. The Bertz CT molecular complexity index is 1250. The second-order valence-electron chi connectivity index (χ2n) is 9.69. The topological polar surface area (TPSA) is 111 Å². The lowest BCUT2D eigenvalue weighted by molar-refractivity contribution is 0.0367. The zero-order chi connectivity index (χ0) is 25.3. The number of fused-ring (bicyclic) bond motifs is 4. The van der Waals surface area contributed by atoms with Crippen LogP contribution in [0.1, 0.15) is 53.8 Å². The van der Waals surface area contributed by atoms with Gasteiger partial charge in [-0.25, -0.2) is 4.79 Å². The third-order valence-corrected chi connectivity index (χ3v) is 7.64. The molecule has 0 saturated carbocycles. The maximum atomic E-state index is 13.7. The summed E-state index contributed by atoms with van der Waals surface area (Å²) >= 11 is 0. The van der Waals surface area contributed by atoms with Crippen molar-refractivity contribution in [3.8, 4) is 5.75 Å². The molecule has 36 heavy (non-hydrogen) atoms. The van der Waals surface area contributed by atoms with Crippen LogP contribution in [0.2, 0.25) is 0 Å². The number of amides is 3. The molecule has 5 rings (SSSR count). The van der Waals surface area contributed by atoms with Crippen LogP contribution in [-0.4, -0.2) is 76.7 Å². The number of hydrogen-bond donors (Lipinski definition) is 3. The first kappa shape index (κ1) is 24.1. The molecule has 1 aromatic carbocycles. The van der Waals surface area contributed by atoms with E-state index in [4.69, 9.17) is 4.74 Å². The molecular formula is C27H33N5O4. The van der Waals surface area contributed by atoms with Gasteiger partial charge in [0, 0.05) is 72.2 Å². The van der Waals surface area contributed by atoms with Crippen LogP contribution >= 0.6 is 0 Å². The Morgan fingerprint density at radius 2 is 1.97 bits per heavy atom. The second kappa shape index (κ2) is 9.81. The summed E-state index contributed by atoms with van der Waals surface area (Å²) in [6, 6.07) is 8.82. The quantitative estimate of drug-likeness (QED) is 0.508. The number of carbonyl (C=O) groups excluding carboxylic acids is 2. The molecule has 2 aliphatic rings. The molecule has 9 heteroatoms. The molecule has 3 aromatic rings. The predicted molar refractivity (Wildman–Crippen MR) is 136 cm³/mol. The van der Waals surface area contributed by atoms with Crippen LogP contribution in [0.3, 0.4) is 0 Å². The van der Waals surface area contributed by atoms with Crippen LogP contribution in [0.5, 0.6) is 5.75 Å². The Kier molecular flexibility index (Phi) is 6.57. The van der Waals surface area contributed by atoms with Crippen molar-refractivity contribution >= 4 is 22.8 Å². The van der Waals surface area contributed by atoms with Gasteiger partial charge in [0.25, 0.3) is 5.91 Å². The number of pyridine rings is 1. The van der Waals surface area contributed by atoms with E-state index in [-0.39, 0.29) is 24.0 Å². The molecule has 0 unspecified atom stereocenters. The number of H-pyrrole nitrogens is 1. The van der Waals surface area contributed by atoms with Gasteiger partial charge in [0.05, 0.1) is 19.8 Å². The molecule has 0 bridgehead atoms. The summed E-state index contributed by atoms with van der Waals surface area (Å²) in [5.41, 5.74) is 3.11. The van der Waals surface area contributed by atoms with Crippen molar-refractivity contribution in [3.63, 3.8) is 0 Å². The van der Waals surface area contributed by atoms with Gasteiger partial charge in [0.15, 0.2) is 0 Å². The third kappa shape index (κ3) is 4.07. The number of aromatic amines is 1. The van der Waals surface area contributed by atoms with Crippen LogP contribution in [0.4, 0.5) is 4.79 Å². The zero-order valence-corrected chi connectivity index (χ0v) is 20.8. The lowest BCUT2D eigenvalue weighted by atomic mass is 9.68. The second-order valence-corrected chi connectivity index (χ2v) is 9.69. The number of nitrogens with zero attached hydrogens (tertiary/aromatic N) is 3. The molecule has 1 saturated heterocycles. The summed E-state index contributed by atoms with van der Waals surface area (Å²) in [6.07, 6.45) is 5.54. The average Bonchev–Trinajstić information content (AvgIpc) is 3.31. The molecule has 3 N–H and O–H groups in total. The lowest BCUT2D eigenvalue weighted by Gasteiger charge is -2.50. The molecule has 4 heterocycles. The molecule has 2 aliphatic heterocycles. The zero-order valence-electron chi connectivity index (χ0n) is 20.8. The van der Waals surface area contributed by atoms with E-state index in [1.165, 1.54) is 0 Å². The van der Waals surface area contributed by atoms with Crippen molar-refractivity contribution < 1.29 is 19.4 Å². The SMILES string of the molecule is CCCNC(=O)N1CCC2(CC1)CN(C(=O)c1ccncc1)[C@@H](CO)c1[nH]c3cc(OC)ccc3c12. The summed E-state index contributed by atoms with van der Waals surface area (Å²) in [6.45, 7) is 4.15. The standard InChI is InChI=1S/C27H33N5O4/c1-3-10-29-26(35)31-13-8-27(9-14-31)17-32(25(34)18-6-11-28-12-7-18)22(16-33)24-23(27)20-5-4-19(36-2)15-21(20)30-24/h4-7,11-12,15,22,30,33H,3,8-10,13-14,16-17H2,1-2H3,(H,29,35)/t22-/m0/s1. The number of ether oxygens (including phenoxy) is 1. The van der Waals surface area contributed by atoms with Crippen molar-refractivity contribution in [2.45, 2.75) is 37.6 Å². The lowest BCUT2D eigenvalue weighted by Crippen LogP contribution is -2.56. The summed E-state index contributed by atoms with van der Waals surface area (Å²) in [5.74, 6) is 0.601. The van der Waals surface area contributed by atoms with E-state index < -0.39 is 6.04 Å². The fraction of sp³-hybridized carbons (Fsp3) is 0.444. The molecule has 1 atom stereocenters. The van der Waals surface area contributed by atoms with Gasteiger partial charge in [0.1, 0.15) is 5.75 Å². The smallest absolute Gasteiger partial charge is 0.317 e. The number of likely N-dealkylation sites (tertiary alicyclic amines) is 1. The Balaban J connectivity index is 1.57. The number of aromatic nitrogens is 2. The van der Waals surface area contributed by atoms with Crippen LogP contribution in [0, 0.1) is 0 Å². The number of aliphatic hydroxyl groups is 1. The van der Waals surface area contributed by atoms with E-state index in [0.717, 1.165) is 47.2 Å². The van der Waals surface area contributed by atoms with E-state index in [0.29, 0.717) is 31.7 Å². The highest BCUT2D eigenvalue weighted by Crippen LogP contribution is 2.49. The van der Waals surface area contributed by atoms with Gasteiger partial charge in [-0.1, -0.05) is 6.92 Å². The number of hydrogen-bond acceptors (Lipinski definition) is 5. The first-order valence-electron chi connectivity index (χ1n) is 12.6. The van der Waals surface area contributed by atoms with Gasteiger partial charge in [-0.15, -0.1) is 0 Å². The molecular weight excluding hydrogens is 458 g/mol. The van der Waals surface area contributed by atoms with Crippen LogP contribution in [0.25, 0.3) is 10.9 Å². The molecule has 2 aromatic heterocycles. The fourth-order valence-corrected chi connectivity index (χ4v) is 5.77. The van der Waals surface area contributed by atoms with Gasteiger partial charge >= 0.3 is 6.03 Å². The summed E-state index contributed by atoms with van der Waals surface area (Å²) in [4.78, 5) is 37.6. The number of urea groups is 1. The van der Waals surface area contributed by atoms with Crippen LogP contribution in [0.15, 0.2) is 42.7 Å². The molecule has 0 aliphatic carbocycles. The van der Waals surface area contributed by atoms with Crippen molar-refractivity contribution in [1.29, 1.82) is 0 Å². The van der Waals surface area contributed by atoms with Crippen LogP contribution < -0.4 is 10.1 Å². The fourth-order valence-electron chi connectivity index (χ4n) is 5.77. The normalized spacial score (nSPS) is 18.8. The highest BCUT2D eigenvalue weighted by Gasteiger charge is 2.49. The largest absolute Gasteiger partial charge is 0.497 e. The monoisotopic (exact) mass is 491 g/mol.